The molecule has 0 amide bonds. The summed E-state index contributed by atoms with van der Waals surface area (Å²) >= 11 is -6.03. The van der Waals surface area contributed by atoms with Crippen LogP contribution in [0.4, 0.5) is 87.8 Å². The summed E-state index contributed by atoms with van der Waals surface area (Å²) in [6.45, 7) is 0. The van der Waals surface area contributed by atoms with E-state index in [1.165, 1.54) is 0 Å². The van der Waals surface area contributed by atoms with Crippen LogP contribution < -0.4 is 4.46 Å². The molecule has 1 radical (unpaired) electrons. The summed E-state index contributed by atoms with van der Waals surface area (Å²) in [6.07, 6.45) is -29.8. The van der Waals surface area contributed by atoms with Crippen LogP contribution >= 0.6 is 0 Å². The van der Waals surface area contributed by atoms with E-state index >= 15 is 0 Å². The van der Waals surface area contributed by atoms with E-state index in [-0.39, 0.29) is 0 Å². The molecule has 2 aliphatic heterocycles. The topological polar surface area (TPSA) is 18.5 Å². The van der Waals surface area contributed by atoms with Crippen LogP contribution in [0.1, 0.15) is 11.1 Å². The summed E-state index contributed by atoms with van der Waals surface area (Å²) in [5, 5.41) is 0. The van der Waals surface area contributed by atoms with Crippen molar-refractivity contribution in [2.75, 3.05) is 0 Å². The fourth-order valence-electron chi connectivity index (χ4n) is 3.77. The standard InChI is InChI=1S/C16H3F20O2Se/c17-9(18,13(25,26)27)7(10(19,20)14(28,29)30)4-2-1-3-5-6(4)39(37-7)38-8(5,11(21,22)15(31,32)33)12(23,24)16(34,35)36/h1-3H. The molecule has 225 valence electrons. The molecule has 1 aromatic rings. The predicted molar refractivity (Wildman–Crippen MR) is 81.4 cm³/mol. The van der Waals surface area contributed by atoms with Gasteiger partial charge >= 0.3 is 203 Å². The Bertz CT molecular complexity index is 1010. The van der Waals surface area contributed by atoms with Gasteiger partial charge in [0.2, 0.25) is 0 Å². The Balaban J connectivity index is 2.57. The third kappa shape index (κ3) is 3.50. The molecule has 0 bridgehead atoms. The summed E-state index contributed by atoms with van der Waals surface area (Å²) in [7, 11) is 0. The van der Waals surface area contributed by atoms with Crippen molar-refractivity contribution in [3.63, 3.8) is 0 Å². The molecule has 0 saturated carbocycles. The quantitative estimate of drug-likeness (QED) is 0.262. The van der Waals surface area contributed by atoms with Crippen molar-refractivity contribution in [2.45, 2.75) is 59.6 Å². The van der Waals surface area contributed by atoms with Crippen molar-refractivity contribution in [2.24, 2.45) is 0 Å². The zero-order valence-electron chi connectivity index (χ0n) is 17.0. The van der Waals surface area contributed by atoms with E-state index in [9.17, 15) is 87.8 Å². The zero-order chi connectivity index (χ0) is 30.8. The summed E-state index contributed by atoms with van der Waals surface area (Å²) in [5.74, 6) is -29.8. The number of hydrogen-bond acceptors (Lipinski definition) is 2. The van der Waals surface area contributed by atoms with Gasteiger partial charge in [0.25, 0.3) is 0 Å². The van der Waals surface area contributed by atoms with E-state index in [0.717, 1.165) is 0 Å². The molecule has 39 heavy (non-hydrogen) atoms. The van der Waals surface area contributed by atoms with Gasteiger partial charge in [-0.2, -0.15) is 0 Å². The van der Waals surface area contributed by atoms with Gasteiger partial charge in [0.1, 0.15) is 0 Å². The second-order valence-electron chi connectivity index (χ2n) is 7.73. The Labute approximate surface area is 204 Å². The molecule has 1 aromatic carbocycles. The molecule has 2 heterocycles. The van der Waals surface area contributed by atoms with Crippen molar-refractivity contribution >= 4 is 19.0 Å². The minimum absolute atomic E-state index is 0.484. The van der Waals surface area contributed by atoms with Gasteiger partial charge in [-0.05, 0) is 0 Å². The van der Waals surface area contributed by atoms with Crippen molar-refractivity contribution in [1.82, 2.24) is 0 Å². The van der Waals surface area contributed by atoms with E-state index in [4.69, 9.17) is 0 Å². The first-order valence-electron chi connectivity index (χ1n) is 8.97. The van der Waals surface area contributed by atoms with Gasteiger partial charge in [0.15, 0.2) is 0 Å². The van der Waals surface area contributed by atoms with Crippen LogP contribution in [-0.2, 0) is 18.8 Å². The molecule has 0 saturated heterocycles. The van der Waals surface area contributed by atoms with Crippen LogP contribution in [0.25, 0.3) is 0 Å². The molecule has 23 heteroatoms. The molecular weight excluding hydrogens is 683 g/mol. The van der Waals surface area contributed by atoms with Gasteiger partial charge < -0.3 is 0 Å². The molecule has 3 rings (SSSR count). The minimum atomic E-state index is -7.46. The Morgan fingerprint density at radius 2 is 0.667 bits per heavy atom. The maximum atomic E-state index is 14.4. The van der Waals surface area contributed by atoms with Crippen molar-refractivity contribution in [1.29, 1.82) is 0 Å². The number of halogens is 20. The number of benzene rings is 1. The van der Waals surface area contributed by atoms with Crippen LogP contribution in [0.2, 0.25) is 0 Å². The number of rotatable bonds is 4. The van der Waals surface area contributed by atoms with Gasteiger partial charge in [-0.15, -0.1) is 0 Å². The first-order valence-corrected chi connectivity index (χ1v) is 11.2. The SMILES string of the molecule is FC(F)(F)C(F)(F)C1(C(F)(F)C(F)(F)F)O[Se]2OC(C(F)(F)C(F)(F)F)(C(F)(F)C(F)(F)F)c3cccc1c32. The molecule has 0 N–H and O–H groups in total. The summed E-state index contributed by atoms with van der Waals surface area (Å²) in [5.41, 5.74) is -18.8. The summed E-state index contributed by atoms with van der Waals surface area (Å²) in [6, 6.07) is -1.71. The fourth-order valence-corrected chi connectivity index (χ4v) is 8.04. The molecule has 2 nitrogen and oxygen atoms in total. The second-order valence-corrected chi connectivity index (χ2v) is 10.3. The van der Waals surface area contributed by atoms with Crippen LogP contribution in [0, 0.1) is 0 Å². The maximum absolute atomic E-state index is 14.4. The molecular formula is C16H3F20O2Se. The Morgan fingerprint density at radius 3 is 0.872 bits per heavy atom. The molecule has 0 unspecified atom stereocenters. The van der Waals surface area contributed by atoms with Crippen LogP contribution in [0.3, 0.4) is 0 Å². The van der Waals surface area contributed by atoms with Gasteiger partial charge in [0.05, 0.1) is 0 Å². The molecule has 0 spiro atoms. The van der Waals surface area contributed by atoms with Gasteiger partial charge in [0, 0.05) is 0 Å². The molecule has 0 aromatic heterocycles. The average Bonchev–Trinajstić information content (AvgIpc) is 3.22. The zero-order valence-corrected chi connectivity index (χ0v) is 18.7. The second kappa shape index (κ2) is 7.96. The number of hydrogen-bond donors (Lipinski definition) is 0. The van der Waals surface area contributed by atoms with Crippen LogP contribution in [0.5, 0.6) is 0 Å². The Kier molecular flexibility index (Phi) is 6.49. The first kappa shape index (κ1) is 31.8. The van der Waals surface area contributed by atoms with E-state index in [1.807, 2.05) is 0 Å². The third-order valence-corrected chi connectivity index (χ3v) is 8.84. The predicted octanol–water partition coefficient (Wildman–Crippen LogP) is 6.62. The summed E-state index contributed by atoms with van der Waals surface area (Å²) in [4.78, 5) is 0. The van der Waals surface area contributed by atoms with E-state index < -0.39 is 108 Å². The fraction of sp³-hybridized carbons (Fsp3) is 0.625. The van der Waals surface area contributed by atoms with Crippen LogP contribution in [0.15, 0.2) is 18.2 Å². The molecule has 0 aliphatic carbocycles. The Morgan fingerprint density at radius 1 is 0.436 bits per heavy atom. The Hall–Kier alpha value is -1.74. The monoisotopic (exact) mass is 687 g/mol. The van der Waals surface area contributed by atoms with Gasteiger partial charge in [-0.3, -0.25) is 0 Å². The van der Waals surface area contributed by atoms with Crippen molar-refractivity contribution in [3.8, 4) is 0 Å². The summed E-state index contributed by atoms with van der Waals surface area (Å²) < 4.78 is 278. The van der Waals surface area contributed by atoms with E-state index in [1.54, 1.807) is 0 Å². The first-order chi connectivity index (χ1) is 16.9. The average molecular weight is 686 g/mol. The number of alkyl halides is 20. The molecule has 0 atom stereocenters. The van der Waals surface area contributed by atoms with Crippen LogP contribution in [-0.4, -0.2) is 63.0 Å². The molecule has 2 aliphatic rings. The third-order valence-electron chi connectivity index (χ3n) is 5.53. The van der Waals surface area contributed by atoms with Gasteiger partial charge in [-0.25, -0.2) is 0 Å². The van der Waals surface area contributed by atoms with Gasteiger partial charge in [-0.1, -0.05) is 0 Å². The van der Waals surface area contributed by atoms with E-state index in [2.05, 4.69) is 7.64 Å². The van der Waals surface area contributed by atoms with Crippen molar-refractivity contribution < 1.29 is 95.4 Å². The van der Waals surface area contributed by atoms with E-state index in [0.29, 0.717) is 0 Å². The van der Waals surface area contributed by atoms with Crippen molar-refractivity contribution in [3.05, 3.63) is 29.3 Å². The normalized spacial score (nSPS) is 20.9. The molecule has 0 fully saturated rings.